The predicted octanol–water partition coefficient (Wildman–Crippen LogP) is 1.88. The minimum atomic E-state index is -0.299. The molecule has 0 radical (unpaired) electrons. The minimum Gasteiger partial charge on any atom is -0.512 e. The van der Waals surface area contributed by atoms with Crippen LogP contribution in [0.2, 0.25) is 0 Å². The lowest BCUT2D eigenvalue weighted by Crippen LogP contribution is -2.01. The highest BCUT2D eigenvalue weighted by molar-refractivity contribution is 5.66. The summed E-state index contributed by atoms with van der Waals surface area (Å²) >= 11 is 0. The molecule has 0 bridgehead atoms. The zero-order chi connectivity index (χ0) is 9.68. The topological polar surface area (TPSA) is 46.5 Å². The third-order valence-corrected chi connectivity index (χ3v) is 1.59. The van der Waals surface area contributed by atoms with E-state index >= 15 is 0 Å². The fourth-order valence-electron chi connectivity index (χ4n) is 0.939. The molecular weight excluding hydrogens is 168 g/mol. The summed E-state index contributed by atoms with van der Waals surface area (Å²) in [5, 5.41) is 9.14. The maximum atomic E-state index is 10.5. The Morgan fingerprint density at radius 3 is 3.08 bits per heavy atom. The summed E-state index contributed by atoms with van der Waals surface area (Å²) in [6.45, 7) is 1.63. The van der Waals surface area contributed by atoms with E-state index in [1.165, 1.54) is 6.92 Å². The van der Waals surface area contributed by atoms with E-state index in [-0.39, 0.29) is 12.6 Å². The molecule has 70 valence electrons. The molecule has 0 saturated heterocycles. The van der Waals surface area contributed by atoms with E-state index in [0.717, 1.165) is 5.57 Å². The van der Waals surface area contributed by atoms with E-state index in [1.807, 2.05) is 12.2 Å². The van der Waals surface area contributed by atoms with Gasteiger partial charge in [0, 0.05) is 13.3 Å². The van der Waals surface area contributed by atoms with Gasteiger partial charge >= 0.3 is 5.97 Å². The number of esters is 1. The normalized spacial score (nSPS) is 15.8. The van der Waals surface area contributed by atoms with Crippen LogP contribution in [0.3, 0.4) is 0 Å². The first-order valence-corrected chi connectivity index (χ1v) is 4.07. The lowest BCUT2D eigenvalue weighted by molar-refractivity contribution is -0.139. The first kappa shape index (κ1) is 9.58. The Kier molecular flexibility index (Phi) is 3.31. The molecule has 1 rings (SSSR count). The van der Waals surface area contributed by atoms with Crippen molar-refractivity contribution in [3.8, 4) is 0 Å². The highest BCUT2D eigenvalue weighted by atomic mass is 16.5. The quantitative estimate of drug-likeness (QED) is 0.660. The predicted molar refractivity (Wildman–Crippen MR) is 49.2 cm³/mol. The molecule has 1 aliphatic rings. The molecule has 0 aromatic rings. The minimum absolute atomic E-state index is 0.260. The average Bonchev–Trinajstić information content (AvgIpc) is 2.27. The molecule has 0 heterocycles. The molecule has 0 saturated carbocycles. The Bertz CT molecular complexity index is 285. The Balaban J connectivity index is 2.54. The molecule has 0 aromatic carbocycles. The molecule has 3 nitrogen and oxygen atoms in total. The first-order valence-electron chi connectivity index (χ1n) is 4.07. The van der Waals surface area contributed by atoms with Crippen molar-refractivity contribution in [2.45, 2.75) is 13.3 Å². The molecule has 0 amide bonds. The van der Waals surface area contributed by atoms with E-state index in [9.17, 15) is 4.79 Å². The number of carbonyl (C=O) groups excluding carboxylic acids is 1. The zero-order valence-electron chi connectivity index (χ0n) is 7.49. The van der Waals surface area contributed by atoms with Crippen molar-refractivity contribution in [2.75, 3.05) is 6.61 Å². The number of carbonyl (C=O) groups is 1. The second-order valence-electron chi connectivity index (χ2n) is 2.79. The maximum absolute atomic E-state index is 10.5. The van der Waals surface area contributed by atoms with E-state index in [2.05, 4.69) is 0 Å². The summed E-state index contributed by atoms with van der Waals surface area (Å²) in [6.07, 6.45) is 7.54. The van der Waals surface area contributed by atoms with Crippen molar-refractivity contribution in [3.05, 3.63) is 35.6 Å². The number of hydrogen-bond acceptors (Lipinski definition) is 3. The number of aliphatic hydroxyl groups excluding tert-OH is 1. The highest BCUT2D eigenvalue weighted by Crippen LogP contribution is 2.09. The third-order valence-electron chi connectivity index (χ3n) is 1.59. The zero-order valence-corrected chi connectivity index (χ0v) is 7.49. The van der Waals surface area contributed by atoms with Crippen LogP contribution in [0.5, 0.6) is 0 Å². The monoisotopic (exact) mass is 180 g/mol. The molecule has 3 heteroatoms. The van der Waals surface area contributed by atoms with Gasteiger partial charge in [0.05, 0.1) is 5.76 Å². The van der Waals surface area contributed by atoms with Gasteiger partial charge < -0.3 is 9.84 Å². The van der Waals surface area contributed by atoms with Crippen LogP contribution in [0.15, 0.2) is 35.6 Å². The van der Waals surface area contributed by atoms with E-state index in [1.54, 1.807) is 12.2 Å². The summed E-state index contributed by atoms with van der Waals surface area (Å²) in [5.74, 6) is 0.0147. The van der Waals surface area contributed by atoms with Gasteiger partial charge in [0.2, 0.25) is 0 Å². The molecule has 0 unspecified atom stereocenters. The Morgan fingerprint density at radius 2 is 2.38 bits per heavy atom. The van der Waals surface area contributed by atoms with Gasteiger partial charge in [-0.2, -0.15) is 0 Å². The molecule has 0 atom stereocenters. The number of hydrogen-bond donors (Lipinski definition) is 1. The lowest BCUT2D eigenvalue weighted by Gasteiger charge is -2.00. The van der Waals surface area contributed by atoms with Gasteiger partial charge in [0.1, 0.15) is 6.61 Å². The third kappa shape index (κ3) is 3.60. The van der Waals surface area contributed by atoms with Crippen molar-refractivity contribution in [1.82, 2.24) is 0 Å². The van der Waals surface area contributed by atoms with Crippen LogP contribution in [0.1, 0.15) is 13.3 Å². The van der Waals surface area contributed by atoms with Crippen molar-refractivity contribution in [2.24, 2.45) is 0 Å². The molecular formula is C10H12O3. The first-order chi connectivity index (χ1) is 6.18. The highest BCUT2D eigenvalue weighted by Gasteiger charge is 1.99. The van der Waals surface area contributed by atoms with E-state index < -0.39 is 0 Å². The Hall–Kier alpha value is -1.51. The van der Waals surface area contributed by atoms with Gasteiger partial charge in [0.15, 0.2) is 0 Å². The lowest BCUT2D eigenvalue weighted by atomic mass is 10.2. The van der Waals surface area contributed by atoms with E-state index in [4.69, 9.17) is 9.84 Å². The summed E-state index contributed by atoms with van der Waals surface area (Å²) in [7, 11) is 0. The number of aliphatic hydroxyl groups is 1. The summed E-state index contributed by atoms with van der Waals surface area (Å²) < 4.78 is 4.80. The smallest absolute Gasteiger partial charge is 0.302 e. The molecule has 1 N–H and O–H groups in total. The molecule has 0 aromatic heterocycles. The summed E-state index contributed by atoms with van der Waals surface area (Å²) in [5.41, 5.74) is 0.874. The van der Waals surface area contributed by atoms with Gasteiger partial charge in [0.25, 0.3) is 0 Å². The fourth-order valence-corrected chi connectivity index (χ4v) is 0.939. The maximum Gasteiger partial charge on any atom is 0.302 e. The van der Waals surface area contributed by atoms with Gasteiger partial charge in [-0.1, -0.05) is 18.2 Å². The summed E-state index contributed by atoms with van der Waals surface area (Å²) in [4.78, 5) is 10.5. The SMILES string of the molecule is CC(=O)OCC1=CC=C(O)CC=C1. The van der Waals surface area contributed by atoms with Crippen LogP contribution in [-0.4, -0.2) is 17.7 Å². The van der Waals surface area contributed by atoms with Crippen molar-refractivity contribution < 1.29 is 14.6 Å². The van der Waals surface area contributed by atoms with Crippen LogP contribution < -0.4 is 0 Å². The Labute approximate surface area is 77.0 Å². The standard InChI is InChI=1S/C10H12O3/c1-8(11)13-7-9-3-2-4-10(12)6-5-9/h2-3,5-6,12H,4,7H2,1H3. The molecule has 13 heavy (non-hydrogen) atoms. The number of rotatable bonds is 2. The Morgan fingerprint density at radius 1 is 1.62 bits per heavy atom. The molecule has 0 aliphatic heterocycles. The van der Waals surface area contributed by atoms with Crippen LogP contribution in [0.4, 0.5) is 0 Å². The second-order valence-corrected chi connectivity index (χ2v) is 2.79. The fraction of sp³-hybridized carbons (Fsp3) is 0.300. The van der Waals surface area contributed by atoms with Crippen LogP contribution >= 0.6 is 0 Å². The molecule has 1 aliphatic carbocycles. The molecule has 0 fully saturated rings. The largest absolute Gasteiger partial charge is 0.512 e. The van der Waals surface area contributed by atoms with Crippen molar-refractivity contribution in [1.29, 1.82) is 0 Å². The number of allylic oxidation sites excluding steroid dienone is 3. The van der Waals surface area contributed by atoms with Crippen LogP contribution in [0.25, 0.3) is 0 Å². The van der Waals surface area contributed by atoms with E-state index in [0.29, 0.717) is 12.2 Å². The molecule has 0 spiro atoms. The number of ether oxygens (including phenoxy) is 1. The van der Waals surface area contributed by atoms with Gasteiger partial charge in [-0.3, -0.25) is 4.79 Å². The van der Waals surface area contributed by atoms with Gasteiger partial charge in [-0.25, -0.2) is 0 Å². The van der Waals surface area contributed by atoms with Crippen LogP contribution in [-0.2, 0) is 9.53 Å². The van der Waals surface area contributed by atoms with Gasteiger partial charge in [-0.05, 0) is 11.6 Å². The second kappa shape index (κ2) is 4.50. The van der Waals surface area contributed by atoms with Crippen molar-refractivity contribution in [3.63, 3.8) is 0 Å². The average molecular weight is 180 g/mol. The summed E-state index contributed by atoms with van der Waals surface area (Å²) in [6, 6.07) is 0. The van der Waals surface area contributed by atoms with Crippen molar-refractivity contribution >= 4 is 5.97 Å². The van der Waals surface area contributed by atoms with Gasteiger partial charge in [-0.15, -0.1) is 0 Å². The van der Waals surface area contributed by atoms with Crippen LogP contribution in [0, 0.1) is 0 Å².